The van der Waals surface area contributed by atoms with E-state index in [2.05, 4.69) is 10.0 Å². The fourth-order valence-corrected chi connectivity index (χ4v) is 4.07. The fraction of sp³-hybridized carbons (Fsp3) is 0.350. The highest BCUT2D eigenvalue weighted by molar-refractivity contribution is 7.89. The van der Waals surface area contributed by atoms with Crippen molar-refractivity contribution >= 4 is 21.6 Å². The van der Waals surface area contributed by atoms with Crippen LogP contribution in [-0.2, 0) is 14.8 Å². The van der Waals surface area contributed by atoms with Gasteiger partial charge in [0.1, 0.15) is 0 Å². The minimum Gasteiger partial charge on any atom is -0.363 e. The van der Waals surface area contributed by atoms with Crippen LogP contribution < -0.4 is 14.9 Å². The zero-order valence-corrected chi connectivity index (χ0v) is 16.8. The van der Waals surface area contributed by atoms with Crippen molar-refractivity contribution in [2.75, 3.05) is 31.1 Å². The number of likely N-dealkylation sites (N-methyl/N-ethyl adjacent to an activating group) is 1. The first-order valence-electron chi connectivity index (χ1n) is 8.97. The van der Waals surface area contributed by atoms with Gasteiger partial charge in [0.2, 0.25) is 15.9 Å². The average molecular weight is 390 g/mol. The third-order valence-electron chi connectivity index (χ3n) is 4.21. The molecule has 6 nitrogen and oxygen atoms in total. The highest BCUT2D eigenvalue weighted by Gasteiger charge is 2.16. The van der Waals surface area contributed by atoms with E-state index < -0.39 is 10.0 Å². The van der Waals surface area contributed by atoms with Gasteiger partial charge in [-0.05, 0) is 50.1 Å². The summed E-state index contributed by atoms with van der Waals surface area (Å²) in [6, 6.07) is 15.0. The van der Waals surface area contributed by atoms with Gasteiger partial charge in [0.25, 0.3) is 0 Å². The number of para-hydroxylation sites is 1. The molecule has 0 aliphatic rings. The molecule has 0 fully saturated rings. The lowest BCUT2D eigenvalue weighted by Crippen LogP contribution is -2.40. The first-order valence-corrected chi connectivity index (χ1v) is 10.5. The van der Waals surface area contributed by atoms with Crippen molar-refractivity contribution in [3.63, 3.8) is 0 Å². The van der Waals surface area contributed by atoms with Crippen LogP contribution in [0.3, 0.4) is 0 Å². The van der Waals surface area contributed by atoms with Crippen molar-refractivity contribution in [2.24, 2.45) is 0 Å². The van der Waals surface area contributed by atoms with Gasteiger partial charge in [-0.2, -0.15) is 0 Å². The molecule has 146 valence electrons. The maximum absolute atomic E-state index is 12.4. The molecule has 2 aromatic carbocycles. The van der Waals surface area contributed by atoms with Crippen molar-refractivity contribution in [1.29, 1.82) is 0 Å². The van der Waals surface area contributed by atoms with E-state index in [1.807, 2.05) is 55.1 Å². The molecule has 0 saturated carbocycles. The summed E-state index contributed by atoms with van der Waals surface area (Å²) in [5, 5.41) is 2.76. The molecule has 0 spiro atoms. The smallest absolute Gasteiger partial charge is 0.240 e. The number of nitrogens with zero attached hydrogens (tertiary/aromatic N) is 1. The summed E-state index contributed by atoms with van der Waals surface area (Å²) in [5.41, 5.74) is 2.55. The second kappa shape index (κ2) is 9.53. The predicted octanol–water partition coefficient (Wildman–Crippen LogP) is 2.22. The molecule has 0 saturated heterocycles. The summed E-state index contributed by atoms with van der Waals surface area (Å²) in [6.07, 6.45) is 0. The molecule has 0 aromatic heterocycles. The van der Waals surface area contributed by atoms with Gasteiger partial charge >= 0.3 is 0 Å². The highest BCUT2D eigenvalue weighted by atomic mass is 32.2. The molecule has 27 heavy (non-hydrogen) atoms. The number of carbonyl (C=O) groups excluding carboxylic acids is 1. The first kappa shape index (κ1) is 20.9. The van der Waals surface area contributed by atoms with E-state index in [-0.39, 0.29) is 30.4 Å². The van der Waals surface area contributed by atoms with Crippen LogP contribution in [0.5, 0.6) is 0 Å². The third kappa shape index (κ3) is 6.08. The van der Waals surface area contributed by atoms with E-state index in [0.29, 0.717) is 12.1 Å². The van der Waals surface area contributed by atoms with Crippen LogP contribution in [0.1, 0.15) is 18.1 Å². The Morgan fingerprint density at radius 3 is 2.41 bits per heavy atom. The second-order valence-electron chi connectivity index (χ2n) is 6.37. The van der Waals surface area contributed by atoms with E-state index in [9.17, 15) is 13.2 Å². The van der Waals surface area contributed by atoms with Crippen molar-refractivity contribution in [3.8, 4) is 0 Å². The third-order valence-corrected chi connectivity index (χ3v) is 5.81. The molecule has 0 aliphatic carbocycles. The quantitative estimate of drug-likeness (QED) is 0.645. The number of hydrogen-bond acceptors (Lipinski definition) is 4. The number of benzene rings is 2. The number of nitrogens with one attached hydrogen (secondary N) is 2. The molecule has 1 amide bonds. The molecular formula is C20H27N3O3S. The van der Waals surface area contributed by atoms with E-state index in [0.717, 1.165) is 11.3 Å². The molecule has 2 aromatic rings. The van der Waals surface area contributed by atoms with Gasteiger partial charge in [-0.3, -0.25) is 4.79 Å². The molecule has 0 radical (unpaired) electrons. The Labute approximate surface area is 161 Å². The van der Waals surface area contributed by atoms with Crippen molar-refractivity contribution in [1.82, 2.24) is 10.0 Å². The summed E-state index contributed by atoms with van der Waals surface area (Å²) in [5.74, 6) is -0.147. The normalized spacial score (nSPS) is 11.2. The number of amides is 1. The zero-order chi connectivity index (χ0) is 19.9. The molecule has 0 aliphatic heterocycles. The molecule has 2 rings (SSSR count). The molecule has 0 atom stereocenters. The fourth-order valence-electron chi connectivity index (χ4n) is 2.72. The van der Waals surface area contributed by atoms with Crippen LogP contribution in [0.4, 0.5) is 5.69 Å². The van der Waals surface area contributed by atoms with Crippen LogP contribution in [0.25, 0.3) is 0 Å². The minimum atomic E-state index is -3.59. The van der Waals surface area contributed by atoms with Crippen LogP contribution in [0.15, 0.2) is 53.4 Å². The number of rotatable bonds is 9. The van der Waals surface area contributed by atoms with Gasteiger partial charge in [-0.1, -0.05) is 30.3 Å². The predicted molar refractivity (Wildman–Crippen MR) is 108 cm³/mol. The maximum atomic E-state index is 12.4. The molecule has 0 heterocycles. The van der Waals surface area contributed by atoms with Gasteiger partial charge in [0, 0.05) is 25.3 Å². The lowest BCUT2D eigenvalue weighted by molar-refractivity contribution is -0.119. The minimum absolute atomic E-state index is 0.138. The Bertz CT molecular complexity index is 867. The standard InChI is InChI=1S/C20H27N3O3S/c1-4-23(18-8-6-5-7-9-18)15-20(24)21-12-13-22-27(25,26)19-14-16(2)10-11-17(19)3/h5-11,14,22H,4,12-13,15H2,1-3H3,(H,21,24). The number of carbonyl (C=O) groups is 1. The Morgan fingerprint density at radius 1 is 1.04 bits per heavy atom. The van der Waals surface area contributed by atoms with E-state index in [4.69, 9.17) is 0 Å². The van der Waals surface area contributed by atoms with Gasteiger partial charge in [0.05, 0.1) is 11.4 Å². The molecule has 0 unspecified atom stereocenters. The Balaban J connectivity index is 1.83. The SMILES string of the molecule is CCN(CC(=O)NCCNS(=O)(=O)c1cc(C)ccc1C)c1ccccc1. The molecule has 2 N–H and O–H groups in total. The number of hydrogen-bond donors (Lipinski definition) is 2. The van der Waals surface area contributed by atoms with Gasteiger partial charge in [-0.15, -0.1) is 0 Å². The van der Waals surface area contributed by atoms with E-state index >= 15 is 0 Å². The van der Waals surface area contributed by atoms with Crippen LogP contribution in [-0.4, -0.2) is 40.5 Å². The number of aryl methyl sites for hydroxylation is 2. The van der Waals surface area contributed by atoms with Crippen LogP contribution in [0.2, 0.25) is 0 Å². The van der Waals surface area contributed by atoms with Crippen LogP contribution >= 0.6 is 0 Å². The molecule has 0 bridgehead atoms. The first-order chi connectivity index (χ1) is 12.8. The van der Waals surface area contributed by atoms with Crippen molar-refractivity contribution in [2.45, 2.75) is 25.7 Å². The van der Waals surface area contributed by atoms with E-state index in [1.54, 1.807) is 19.1 Å². The summed E-state index contributed by atoms with van der Waals surface area (Å²) in [6.45, 7) is 6.90. The van der Waals surface area contributed by atoms with Gasteiger partial charge in [-0.25, -0.2) is 13.1 Å². The Morgan fingerprint density at radius 2 is 1.74 bits per heavy atom. The molecular weight excluding hydrogens is 362 g/mol. The van der Waals surface area contributed by atoms with Gasteiger partial charge < -0.3 is 10.2 Å². The van der Waals surface area contributed by atoms with E-state index in [1.165, 1.54) is 0 Å². The zero-order valence-electron chi connectivity index (χ0n) is 16.0. The summed E-state index contributed by atoms with van der Waals surface area (Å²) in [4.78, 5) is 14.4. The monoisotopic (exact) mass is 389 g/mol. The lowest BCUT2D eigenvalue weighted by Gasteiger charge is -2.22. The van der Waals surface area contributed by atoms with Crippen molar-refractivity contribution in [3.05, 3.63) is 59.7 Å². The summed E-state index contributed by atoms with van der Waals surface area (Å²) in [7, 11) is -3.59. The number of sulfonamides is 1. The largest absolute Gasteiger partial charge is 0.363 e. The number of anilines is 1. The lowest BCUT2D eigenvalue weighted by atomic mass is 10.2. The average Bonchev–Trinajstić information content (AvgIpc) is 2.66. The Kier molecular flexibility index (Phi) is 7.38. The summed E-state index contributed by atoms with van der Waals surface area (Å²) < 4.78 is 27.4. The van der Waals surface area contributed by atoms with Crippen molar-refractivity contribution < 1.29 is 13.2 Å². The van der Waals surface area contributed by atoms with Gasteiger partial charge in [0.15, 0.2) is 0 Å². The molecule has 7 heteroatoms. The maximum Gasteiger partial charge on any atom is 0.240 e. The highest BCUT2D eigenvalue weighted by Crippen LogP contribution is 2.16. The summed E-state index contributed by atoms with van der Waals surface area (Å²) >= 11 is 0. The Hall–Kier alpha value is -2.38. The topological polar surface area (TPSA) is 78.5 Å². The van der Waals surface area contributed by atoms with Crippen LogP contribution in [0, 0.1) is 13.8 Å². The second-order valence-corrected chi connectivity index (χ2v) is 8.10.